The lowest BCUT2D eigenvalue weighted by atomic mass is 9.89. The van der Waals surface area contributed by atoms with E-state index in [1.165, 1.54) is 0 Å². The van der Waals surface area contributed by atoms with Gasteiger partial charge in [-0.1, -0.05) is 114 Å². The van der Waals surface area contributed by atoms with Crippen LogP contribution in [0.4, 0.5) is 0 Å². The Hall–Kier alpha value is -5.09. The zero-order valence-corrected chi connectivity index (χ0v) is 23.1. The molecule has 0 aromatic heterocycles. The van der Waals surface area contributed by atoms with Gasteiger partial charge in [0.25, 0.3) is 0 Å². The Morgan fingerprint density at radius 1 is 0.610 bits per heavy atom. The van der Waals surface area contributed by atoms with Crippen LogP contribution >= 0.6 is 0 Å². The van der Waals surface area contributed by atoms with Gasteiger partial charge in [0.1, 0.15) is 30.3 Å². The molecule has 0 unspecified atom stereocenters. The van der Waals surface area contributed by atoms with Crippen molar-refractivity contribution in [2.24, 2.45) is 0 Å². The fourth-order valence-corrected chi connectivity index (χ4v) is 5.34. The molecule has 0 spiro atoms. The monoisotopic (exact) mass is 538 g/mol. The largest absolute Gasteiger partial charge is 0.488 e. The van der Waals surface area contributed by atoms with E-state index in [0.29, 0.717) is 23.7 Å². The van der Waals surface area contributed by atoms with Crippen LogP contribution in [-0.4, -0.2) is 11.1 Å². The van der Waals surface area contributed by atoms with Gasteiger partial charge in [-0.25, -0.2) is 4.79 Å². The van der Waals surface area contributed by atoms with E-state index < -0.39 is 5.97 Å². The third-order valence-corrected chi connectivity index (χ3v) is 7.33. The summed E-state index contributed by atoms with van der Waals surface area (Å²) >= 11 is 0. The highest BCUT2D eigenvalue weighted by Crippen LogP contribution is 2.47. The highest BCUT2D eigenvalue weighted by atomic mass is 16.5. The van der Waals surface area contributed by atoms with Crippen LogP contribution in [0.1, 0.15) is 32.6 Å². The molecule has 0 bridgehead atoms. The molecular formula is C37H30O4. The van der Waals surface area contributed by atoms with Crippen molar-refractivity contribution in [3.8, 4) is 22.6 Å². The average Bonchev–Trinajstić information content (AvgIpc) is 2.99. The summed E-state index contributed by atoms with van der Waals surface area (Å²) in [7, 11) is 0. The molecule has 0 heterocycles. The molecule has 0 aliphatic heterocycles. The molecule has 0 radical (unpaired) electrons. The minimum Gasteiger partial charge on any atom is -0.488 e. The predicted octanol–water partition coefficient (Wildman–Crippen LogP) is 9.13. The fraction of sp³-hybridized carbons (Fsp3) is 0.108. The maximum atomic E-state index is 12.7. The molecular weight excluding hydrogens is 508 g/mol. The zero-order chi connectivity index (χ0) is 28.3. The minimum absolute atomic E-state index is 0.118. The number of aromatic carboxylic acids is 1. The third kappa shape index (κ3) is 5.37. The fourth-order valence-electron chi connectivity index (χ4n) is 5.34. The first-order valence-corrected chi connectivity index (χ1v) is 13.7. The lowest BCUT2D eigenvalue weighted by Crippen LogP contribution is -2.07. The first-order valence-electron chi connectivity index (χ1n) is 13.7. The van der Waals surface area contributed by atoms with Crippen molar-refractivity contribution in [2.75, 3.05) is 0 Å². The number of carboxylic acid groups (broad SMARTS) is 1. The molecule has 6 rings (SSSR count). The summed E-state index contributed by atoms with van der Waals surface area (Å²) in [6.07, 6.45) is 0. The van der Waals surface area contributed by atoms with Crippen molar-refractivity contribution in [1.82, 2.24) is 0 Å². The quantitative estimate of drug-likeness (QED) is 0.210. The van der Waals surface area contributed by atoms with Gasteiger partial charge < -0.3 is 14.6 Å². The molecule has 0 aliphatic rings. The van der Waals surface area contributed by atoms with Crippen molar-refractivity contribution in [2.45, 2.75) is 27.1 Å². The highest BCUT2D eigenvalue weighted by Gasteiger charge is 2.25. The van der Waals surface area contributed by atoms with Gasteiger partial charge >= 0.3 is 5.97 Å². The number of hydrogen-bond donors (Lipinski definition) is 1. The number of rotatable bonds is 8. The van der Waals surface area contributed by atoms with Gasteiger partial charge in [0.15, 0.2) is 0 Å². The number of aryl methyl sites for hydroxylation is 2. The summed E-state index contributed by atoms with van der Waals surface area (Å²) in [6, 6.07) is 38.0. The van der Waals surface area contributed by atoms with Crippen LogP contribution in [0, 0.1) is 13.8 Å². The maximum Gasteiger partial charge on any atom is 0.339 e. The average molecular weight is 539 g/mol. The predicted molar refractivity (Wildman–Crippen MR) is 165 cm³/mol. The number of carbonyl (C=O) groups is 1. The maximum absolute atomic E-state index is 12.7. The summed E-state index contributed by atoms with van der Waals surface area (Å²) in [6.45, 7) is 4.68. The van der Waals surface area contributed by atoms with Gasteiger partial charge in [-0.05, 0) is 58.7 Å². The molecule has 0 saturated heterocycles. The van der Waals surface area contributed by atoms with Crippen LogP contribution < -0.4 is 9.47 Å². The summed E-state index contributed by atoms with van der Waals surface area (Å²) in [5, 5.41) is 14.2. The Balaban J connectivity index is 1.64. The molecule has 4 heteroatoms. The minimum atomic E-state index is -1.04. The van der Waals surface area contributed by atoms with Crippen LogP contribution in [-0.2, 0) is 13.2 Å². The van der Waals surface area contributed by atoms with Gasteiger partial charge in [-0.15, -0.1) is 0 Å². The summed E-state index contributed by atoms with van der Waals surface area (Å²) in [5.74, 6) is -0.0462. The second-order valence-corrected chi connectivity index (χ2v) is 10.4. The molecule has 0 saturated carbocycles. The van der Waals surface area contributed by atoms with E-state index in [4.69, 9.17) is 9.47 Å². The first kappa shape index (κ1) is 26.1. The smallest absolute Gasteiger partial charge is 0.339 e. The van der Waals surface area contributed by atoms with E-state index in [9.17, 15) is 9.90 Å². The highest BCUT2D eigenvalue weighted by molar-refractivity contribution is 6.13. The van der Waals surface area contributed by atoms with Gasteiger partial charge in [-0.2, -0.15) is 0 Å². The lowest BCUT2D eigenvalue weighted by Gasteiger charge is -2.22. The normalized spacial score (nSPS) is 11.1. The van der Waals surface area contributed by atoms with E-state index in [2.05, 4.69) is 37.3 Å². The van der Waals surface area contributed by atoms with E-state index in [1.54, 1.807) is 6.07 Å². The third-order valence-electron chi connectivity index (χ3n) is 7.33. The molecule has 0 atom stereocenters. The van der Waals surface area contributed by atoms with Crippen molar-refractivity contribution in [1.29, 1.82) is 0 Å². The Bertz CT molecular complexity index is 1880. The second kappa shape index (κ2) is 11.2. The first-order chi connectivity index (χ1) is 20.0. The number of fused-ring (bicyclic) bond motifs is 2. The van der Waals surface area contributed by atoms with Crippen LogP contribution in [0.25, 0.3) is 32.7 Å². The molecule has 1 N–H and O–H groups in total. The molecule has 0 aliphatic carbocycles. The van der Waals surface area contributed by atoms with Gasteiger partial charge in [0, 0.05) is 11.1 Å². The molecule has 0 fully saturated rings. The summed E-state index contributed by atoms with van der Waals surface area (Å²) in [5.41, 5.74) is 5.84. The van der Waals surface area contributed by atoms with Crippen LogP contribution in [0.15, 0.2) is 115 Å². The van der Waals surface area contributed by atoms with Crippen LogP contribution in [0.5, 0.6) is 11.5 Å². The van der Waals surface area contributed by atoms with Crippen molar-refractivity contribution >= 4 is 27.5 Å². The molecule has 0 amide bonds. The van der Waals surface area contributed by atoms with Crippen molar-refractivity contribution in [3.05, 3.63) is 143 Å². The van der Waals surface area contributed by atoms with E-state index >= 15 is 0 Å². The van der Waals surface area contributed by atoms with Gasteiger partial charge in [0.05, 0.1) is 0 Å². The van der Waals surface area contributed by atoms with Crippen molar-refractivity contribution < 1.29 is 19.4 Å². The topological polar surface area (TPSA) is 55.8 Å². The van der Waals surface area contributed by atoms with Gasteiger partial charge in [-0.3, -0.25) is 0 Å². The SMILES string of the molecule is Cc1ccc2c(-c3c(OCc4ccccc4)c(C(=O)O)cc4cc(C)ccc34)c(OCc3ccccc3)ccc2c1. The Morgan fingerprint density at radius 3 is 1.78 bits per heavy atom. The molecule has 41 heavy (non-hydrogen) atoms. The van der Waals surface area contributed by atoms with Gasteiger partial charge in [0.2, 0.25) is 0 Å². The second-order valence-electron chi connectivity index (χ2n) is 10.4. The van der Waals surface area contributed by atoms with Crippen LogP contribution in [0.2, 0.25) is 0 Å². The Kier molecular flexibility index (Phi) is 7.13. The molecule has 6 aromatic carbocycles. The van der Waals surface area contributed by atoms with Crippen molar-refractivity contribution in [3.63, 3.8) is 0 Å². The Labute approximate surface area is 239 Å². The zero-order valence-electron chi connectivity index (χ0n) is 23.1. The molecule has 6 aromatic rings. The molecule has 4 nitrogen and oxygen atoms in total. The number of benzene rings is 6. The molecule has 202 valence electrons. The number of hydrogen-bond acceptors (Lipinski definition) is 3. The lowest BCUT2D eigenvalue weighted by molar-refractivity contribution is 0.0692. The van der Waals surface area contributed by atoms with E-state index in [1.807, 2.05) is 85.8 Å². The summed E-state index contributed by atoms with van der Waals surface area (Å²) in [4.78, 5) is 12.7. The van der Waals surface area contributed by atoms with E-state index in [0.717, 1.165) is 49.4 Å². The Morgan fingerprint density at radius 2 is 1.17 bits per heavy atom. The standard InChI is InChI=1S/C37H30O4/c1-24-13-16-30-28(19-24)15-18-33(40-22-26-9-5-3-6-10-26)34(30)35-31-17-14-25(2)20-29(31)21-32(37(38)39)36(35)41-23-27-11-7-4-8-12-27/h3-21H,22-23H2,1-2H3,(H,38,39). The summed E-state index contributed by atoms with van der Waals surface area (Å²) < 4.78 is 13.0. The number of ether oxygens (including phenoxy) is 2. The van der Waals surface area contributed by atoms with E-state index in [-0.39, 0.29) is 12.2 Å². The van der Waals surface area contributed by atoms with Crippen LogP contribution in [0.3, 0.4) is 0 Å². The number of carboxylic acids is 1.